The van der Waals surface area contributed by atoms with E-state index in [1.807, 2.05) is 31.9 Å². The van der Waals surface area contributed by atoms with Crippen LogP contribution in [0.25, 0.3) is 11.0 Å². The number of nitrogens with zero attached hydrogens (tertiary/aromatic N) is 2. The first-order valence-electron chi connectivity index (χ1n) is 7.68. The average molecular weight is 321 g/mol. The molecule has 1 heterocycles. The molecule has 4 nitrogen and oxygen atoms in total. The molecular formula is C17H27N3OS. The van der Waals surface area contributed by atoms with Gasteiger partial charge in [-0.05, 0) is 37.3 Å². The van der Waals surface area contributed by atoms with E-state index in [-0.39, 0.29) is 5.69 Å². The lowest BCUT2D eigenvalue weighted by atomic mass is 10.0. The van der Waals surface area contributed by atoms with Gasteiger partial charge in [0.05, 0.1) is 11.0 Å². The lowest BCUT2D eigenvalue weighted by Gasteiger charge is -2.26. The number of aromatic nitrogens is 2. The van der Waals surface area contributed by atoms with Crippen LogP contribution in [0.1, 0.15) is 32.8 Å². The van der Waals surface area contributed by atoms with Crippen molar-refractivity contribution in [1.82, 2.24) is 14.5 Å². The molecule has 0 bridgehead atoms. The molecule has 0 aliphatic carbocycles. The van der Waals surface area contributed by atoms with Crippen molar-refractivity contribution in [3.8, 4) is 0 Å². The molecule has 0 saturated carbocycles. The summed E-state index contributed by atoms with van der Waals surface area (Å²) in [4.78, 5) is 12.0. The summed E-state index contributed by atoms with van der Waals surface area (Å²) < 4.78 is 3.69. The van der Waals surface area contributed by atoms with Gasteiger partial charge in [0.15, 0.2) is 0 Å². The van der Waals surface area contributed by atoms with E-state index in [0.717, 1.165) is 24.0 Å². The number of rotatable bonds is 6. The van der Waals surface area contributed by atoms with Crippen LogP contribution >= 0.6 is 11.8 Å². The molecule has 5 heteroatoms. The van der Waals surface area contributed by atoms with E-state index in [2.05, 4.69) is 44.5 Å². The Morgan fingerprint density at radius 2 is 1.86 bits per heavy atom. The molecule has 0 fully saturated rings. The molecular weight excluding hydrogens is 294 g/mol. The summed E-state index contributed by atoms with van der Waals surface area (Å²) in [5.74, 6) is 0. The van der Waals surface area contributed by atoms with Crippen molar-refractivity contribution >= 4 is 22.8 Å². The second-order valence-electron chi connectivity index (χ2n) is 6.67. The van der Waals surface area contributed by atoms with Crippen LogP contribution in [0, 0.1) is 0 Å². The van der Waals surface area contributed by atoms with Crippen LogP contribution in [0.2, 0.25) is 0 Å². The van der Waals surface area contributed by atoms with Crippen LogP contribution in [0.15, 0.2) is 23.0 Å². The molecule has 1 atom stereocenters. The minimum absolute atomic E-state index is 0.0233. The number of hydrogen-bond acceptors (Lipinski definition) is 3. The summed E-state index contributed by atoms with van der Waals surface area (Å²) in [5.41, 5.74) is 3.20. The predicted octanol–water partition coefficient (Wildman–Crippen LogP) is 2.89. The number of aryl methyl sites for hydroxylation is 2. The first-order chi connectivity index (χ1) is 10.2. The second kappa shape index (κ2) is 6.50. The fraction of sp³-hybridized carbons (Fsp3) is 0.588. The largest absolute Gasteiger partial charge is 0.328 e. The van der Waals surface area contributed by atoms with Crippen molar-refractivity contribution in [3.05, 3.63) is 34.2 Å². The lowest BCUT2D eigenvalue weighted by Crippen LogP contribution is -2.32. The molecule has 1 aromatic heterocycles. The fourth-order valence-electron chi connectivity index (χ4n) is 2.85. The maximum absolute atomic E-state index is 12.0. The molecule has 0 aliphatic rings. The zero-order chi connectivity index (χ0) is 16.5. The molecule has 1 N–H and O–H groups in total. The van der Waals surface area contributed by atoms with Crippen LogP contribution in [0.5, 0.6) is 0 Å². The van der Waals surface area contributed by atoms with Crippen LogP contribution < -0.4 is 11.0 Å². The van der Waals surface area contributed by atoms with E-state index in [1.54, 1.807) is 9.13 Å². The summed E-state index contributed by atoms with van der Waals surface area (Å²) in [5, 5.41) is 3.59. The van der Waals surface area contributed by atoms with Crippen molar-refractivity contribution < 1.29 is 0 Å². The summed E-state index contributed by atoms with van der Waals surface area (Å²) >= 11 is 1.90. The maximum Gasteiger partial charge on any atom is 0.328 e. The van der Waals surface area contributed by atoms with E-state index in [1.165, 1.54) is 5.56 Å². The molecule has 22 heavy (non-hydrogen) atoms. The Kier molecular flexibility index (Phi) is 5.07. The van der Waals surface area contributed by atoms with Gasteiger partial charge in [-0.1, -0.05) is 19.9 Å². The van der Waals surface area contributed by atoms with Gasteiger partial charge in [-0.15, -0.1) is 0 Å². The molecule has 2 aromatic rings. The number of thioether (sulfide) groups is 1. The monoisotopic (exact) mass is 321 g/mol. The van der Waals surface area contributed by atoms with E-state index >= 15 is 0 Å². The molecule has 122 valence electrons. The number of imidazole rings is 1. The van der Waals surface area contributed by atoms with Crippen molar-refractivity contribution in [2.45, 2.75) is 44.5 Å². The Bertz CT molecular complexity index is 714. The standard InChI is InChI=1S/C17H27N3OS/c1-12(10-17(2,3)22-6)18-11-13-7-8-14-15(9-13)20(5)16(21)19(14)4/h7-9,12,18H,10-11H2,1-6H3. The number of fused-ring (bicyclic) bond motifs is 1. The van der Waals surface area contributed by atoms with Crippen molar-refractivity contribution in [2.24, 2.45) is 14.1 Å². The Morgan fingerprint density at radius 1 is 1.23 bits per heavy atom. The zero-order valence-electron chi connectivity index (χ0n) is 14.4. The highest BCUT2D eigenvalue weighted by molar-refractivity contribution is 7.99. The molecule has 2 rings (SSSR count). The van der Waals surface area contributed by atoms with Gasteiger partial charge in [-0.2, -0.15) is 11.8 Å². The SMILES string of the molecule is CSC(C)(C)CC(C)NCc1ccc2c(c1)n(C)c(=O)n2C. The van der Waals surface area contributed by atoms with E-state index in [0.29, 0.717) is 10.8 Å². The van der Waals surface area contributed by atoms with Crippen LogP contribution in [-0.4, -0.2) is 26.2 Å². The number of benzene rings is 1. The summed E-state index contributed by atoms with van der Waals surface area (Å²) in [6, 6.07) is 6.69. The normalized spacial score (nSPS) is 13.7. The quantitative estimate of drug-likeness (QED) is 0.889. The van der Waals surface area contributed by atoms with Gasteiger partial charge in [0.2, 0.25) is 0 Å². The van der Waals surface area contributed by atoms with E-state index < -0.39 is 0 Å². The maximum atomic E-state index is 12.0. The Morgan fingerprint density at radius 3 is 2.50 bits per heavy atom. The van der Waals surface area contributed by atoms with Gasteiger partial charge in [0.1, 0.15) is 0 Å². The second-order valence-corrected chi connectivity index (χ2v) is 8.19. The molecule has 0 aliphatic heterocycles. The Labute approximate surface area is 136 Å². The summed E-state index contributed by atoms with van der Waals surface area (Å²) in [6.07, 6.45) is 3.29. The first-order valence-corrected chi connectivity index (χ1v) is 8.90. The summed E-state index contributed by atoms with van der Waals surface area (Å²) in [7, 11) is 3.64. The van der Waals surface area contributed by atoms with Crippen LogP contribution in [-0.2, 0) is 20.6 Å². The van der Waals surface area contributed by atoms with Crippen LogP contribution in [0.4, 0.5) is 0 Å². The molecule has 1 aromatic carbocycles. The van der Waals surface area contributed by atoms with Crippen molar-refractivity contribution in [1.29, 1.82) is 0 Å². The summed E-state index contributed by atoms with van der Waals surface area (Å²) in [6.45, 7) is 7.61. The van der Waals surface area contributed by atoms with Gasteiger partial charge >= 0.3 is 5.69 Å². The van der Waals surface area contributed by atoms with Gasteiger partial charge in [0, 0.05) is 31.4 Å². The fourth-order valence-corrected chi connectivity index (χ4v) is 3.26. The molecule has 0 saturated heterocycles. The highest BCUT2D eigenvalue weighted by Crippen LogP contribution is 2.26. The molecule has 0 amide bonds. The molecule has 1 unspecified atom stereocenters. The lowest BCUT2D eigenvalue weighted by molar-refractivity contribution is 0.466. The average Bonchev–Trinajstić information content (AvgIpc) is 2.69. The highest BCUT2D eigenvalue weighted by atomic mass is 32.2. The Balaban J connectivity index is 2.10. The third-order valence-electron chi connectivity index (χ3n) is 4.34. The molecule has 0 spiro atoms. The van der Waals surface area contributed by atoms with Gasteiger partial charge < -0.3 is 5.32 Å². The number of nitrogens with one attached hydrogen (secondary N) is 1. The first kappa shape index (κ1) is 17.2. The Hall–Kier alpha value is -1.20. The third-order valence-corrected chi connectivity index (χ3v) is 5.61. The smallest absolute Gasteiger partial charge is 0.310 e. The van der Waals surface area contributed by atoms with E-state index in [4.69, 9.17) is 0 Å². The van der Waals surface area contributed by atoms with E-state index in [9.17, 15) is 4.79 Å². The topological polar surface area (TPSA) is 39.0 Å². The zero-order valence-corrected chi connectivity index (χ0v) is 15.3. The van der Waals surface area contributed by atoms with Gasteiger partial charge in [0.25, 0.3) is 0 Å². The van der Waals surface area contributed by atoms with Crippen LogP contribution in [0.3, 0.4) is 0 Å². The van der Waals surface area contributed by atoms with Gasteiger partial charge in [-0.25, -0.2) is 4.79 Å². The minimum Gasteiger partial charge on any atom is -0.310 e. The minimum atomic E-state index is 0.0233. The third kappa shape index (κ3) is 3.58. The molecule has 0 radical (unpaired) electrons. The number of hydrogen-bond donors (Lipinski definition) is 1. The predicted molar refractivity (Wildman–Crippen MR) is 96.7 cm³/mol. The van der Waals surface area contributed by atoms with Gasteiger partial charge in [-0.3, -0.25) is 9.13 Å². The van der Waals surface area contributed by atoms with Crippen molar-refractivity contribution in [3.63, 3.8) is 0 Å². The van der Waals surface area contributed by atoms with Crippen molar-refractivity contribution in [2.75, 3.05) is 6.26 Å². The highest BCUT2D eigenvalue weighted by Gasteiger charge is 2.19.